The first-order chi connectivity index (χ1) is 8.90. The molecule has 1 aromatic rings. The Morgan fingerprint density at radius 3 is 2.63 bits per heavy atom. The van der Waals surface area contributed by atoms with Crippen LogP contribution in [-0.2, 0) is 9.84 Å². The van der Waals surface area contributed by atoms with Gasteiger partial charge in [0.2, 0.25) is 0 Å². The van der Waals surface area contributed by atoms with Crippen molar-refractivity contribution in [2.45, 2.75) is 36.6 Å². The topological polar surface area (TPSA) is 60.2 Å². The highest BCUT2D eigenvalue weighted by molar-refractivity contribution is 7.91. The molecule has 1 aromatic carbocycles. The molecule has 2 atom stereocenters. The molecule has 3 nitrogen and oxygen atoms in total. The van der Waals surface area contributed by atoms with Crippen LogP contribution in [0.3, 0.4) is 0 Å². The lowest BCUT2D eigenvalue weighted by Crippen LogP contribution is -2.26. The largest absolute Gasteiger partial charge is 0.327 e. The van der Waals surface area contributed by atoms with Crippen LogP contribution in [0.15, 0.2) is 23.1 Å². The molecule has 0 saturated heterocycles. The van der Waals surface area contributed by atoms with Crippen molar-refractivity contribution in [3.05, 3.63) is 29.8 Å². The fourth-order valence-corrected chi connectivity index (χ4v) is 4.05. The minimum Gasteiger partial charge on any atom is -0.327 e. The van der Waals surface area contributed by atoms with Gasteiger partial charge in [-0.15, -0.1) is 0 Å². The maximum atomic E-state index is 13.5. The van der Waals surface area contributed by atoms with Crippen molar-refractivity contribution < 1.29 is 17.2 Å². The van der Waals surface area contributed by atoms with Crippen LogP contribution in [0.4, 0.5) is 8.78 Å². The average Bonchev–Trinajstić information content (AvgIpc) is 2.75. The molecule has 0 bridgehead atoms. The van der Waals surface area contributed by atoms with Gasteiger partial charge in [0, 0.05) is 6.04 Å². The van der Waals surface area contributed by atoms with Crippen molar-refractivity contribution >= 4 is 9.84 Å². The Bertz CT molecular complexity index is 560. The predicted molar refractivity (Wildman–Crippen MR) is 68.3 cm³/mol. The lowest BCUT2D eigenvalue weighted by atomic mass is 10.0. The van der Waals surface area contributed by atoms with Gasteiger partial charge in [-0.3, -0.25) is 0 Å². The van der Waals surface area contributed by atoms with Crippen molar-refractivity contribution in [2.24, 2.45) is 11.7 Å². The van der Waals surface area contributed by atoms with E-state index in [1.807, 2.05) is 0 Å². The molecule has 1 fully saturated rings. The van der Waals surface area contributed by atoms with Gasteiger partial charge in [0.1, 0.15) is 16.5 Å². The SMILES string of the molecule is NC1CCCC1CCS(=O)(=O)c1cc(F)ccc1F. The summed E-state index contributed by atoms with van der Waals surface area (Å²) in [6.45, 7) is 0. The zero-order chi connectivity index (χ0) is 14.0. The van der Waals surface area contributed by atoms with Crippen LogP contribution in [0, 0.1) is 17.6 Å². The van der Waals surface area contributed by atoms with Crippen molar-refractivity contribution in [2.75, 3.05) is 5.75 Å². The summed E-state index contributed by atoms with van der Waals surface area (Å²) in [5, 5.41) is 0. The minimum atomic E-state index is -3.79. The van der Waals surface area contributed by atoms with E-state index in [0.717, 1.165) is 37.5 Å². The summed E-state index contributed by atoms with van der Waals surface area (Å²) in [6.07, 6.45) is 3.21. The van der Waals surface area contributed by atoms with E-state index in [9.17, 15) is 17.2 Å². The van der Waals surface area contributed by atoms with Gasteiger partial charge in [-0.1, -0.05) is 6.42 Å². The molecule has 0 radical (unpaired) electrons. The number of hydrogen-bond donors (Lipinski definition) is 1. The van der Waals surface area contributed by atoms with E-state index in [1.165, 1.54) is 0 Å². The summed E-state index contributed by atoms with van der Waals surface area (Å²) >= 11 is 0. The molecule has 1 aliphatic carbocycles. The molecular formula is C13H17F2NO2S. The van der Waals surface area contributed by atoms with Crippen molar-refractivity contribution in [1.29, 1.82) is 0 Å². The van der Waals surface area contributed by atoms with Crippen LogP contribution < -0.4 is 5.73 Å². The number of sulfone groups is 1. The summed E-state index contributed by atoms with van der Waals surface area (Å²) < 4.78 is 50.5. The van der Waals surface area contributed by atoms with Crippen LogP contribution >= 0.6 is 0 Å². The van der Waals surface area contributed by atoms with Crippen LogP contribution in [-0.4, -0.2) is 20.2 Å². The van der Waals surface area contributed by atoms with Crippen molar-refractivity contribution in [3.63, 3.8) is 0 Å². The predicted octanol–water partition coefficient (Wildman–Crippen LogP) is 2.26. The molecule has 0 spiro atoms. The smallest absolute Gasteiger partial charge is 0.181 e. The van der Waals surface area contributed by atoms with Crippen molar-refractivity contribution in [1.82, 2.24) is 0 Å². The first-order valence-electron chi connectivity index (χ1n) is 6.33. The minimum absolute atomic E-state index is 0.0209. The Hall–Kier alpha value is -1.01. The van der Waals surface area contributed by atoms with Crippen LogP contribution in [0.5, 0.6) is 0 Å². The Kier molecular flexibility index (Phi) is 4.20. The highest BCUT2D eigenvalue weighted by atomic mass is 32.2. The third kappa shape index (κ3) is 3.30. The number of halogens is 2. The number of nitrogens with two attached hydrogens (primary N) is 1. The van der Waals surface area contributed by atoms with Crippen LogP contribution in [0.1, 0.15) is 25.7 Å². The van der Waals surface area contributed by atoms with Crippen molar-refractivity contribution in [3.8, 4) is 0 Å². The maximum absolute atomic E-state index is 13.5. The summed E-state index contributed by atoms with van der Waals surface area (Å²) in [5.74, 6) is -1.69. The van der Waals surface area contributed by atoms with Gasteiger partial charge in [-0.25, -0.2) is 17.2 Å². The van der Waals surface area contributed by atoms with Gasteiger partial charge in [0.05, 0.1) is 5.75 Å². The van der Waals surface area contributed by atoms with Gasteiger partial charge in [-0.2, -0.15) is 0 Å². The van der Waals surface area contributed by atoms with E-state index in [-0.39, 0.29) is 17.7 Å². The van der Waals surface area contributed by atoms with E-state index in [0.29, 0.717) is 6.42 Å². The highest BCUT2D eigenvalue weighted by Crippen LogP contribution is 2.28. The van der Waals surface area contributed by atoms with Gasteiger partial charge < -0.3 is 5.73 Å². The molecule has 1 aliphatic rings. The third-order valence-corrected chi connectivity index (χ3v) is 5.46. The lowest BCUT2D eigenvalue weighted by molar-refractivity contribution is 0.463. The fourth-order valence-electron chi connectivity index (χ4n) is 2.56. The van der Waals surface area contributed by atoms with E-state index in [4.69, 9.17) is 5.73 Å². The molecule has 0 aliphatic heterocycles. The second kappa shape index (κ2) is 5.54. The van der Waals surface area contributed by atoms with Gasteiger partial charge in [0.15, 0.2) is 9.84 Å². The molecule has 0 aromatic heterocycles. The van der Waals surface area contributed by atoms with E-state index in [1.54, 1.807) is 0 Å². The molecule has 2 N–H and O–H groups in total. The summed E-state index contributed by atoms with van der Waals surface area (Å²) in [4.78, 5) is -0.556. The third-order valence-electron chi connectivity index (χ3n) is 3.70. The zero-order valence-corrected chi connectivity index (χ0v) is 11.3. The summed E-state index contributed by atoms with van der Waals surface area (Å²) in [5.41, 5.74) is 5.87. The normalized spacial score (nSPS) is 23.7. The Labute approximate surface area is 111 Å². The number of rotatable bonds is 4. The van der Waals surface area contributed by atoms with E-state index in [2.05, 4.69) is 0 Å². The molecule has 6 heteroatoms. The molecule has 19 heavy (non-hydrogen) atoms. The van der Waals surface area contributed by atoms with Crippen LogP contribution in [0.25, 0.3) is 0 Å². The average molecular weight is 289 g/mol. The molecule has 2 unspecified atom stereocenters. The highest BCUT2D eigenvalue weighted by Gasteiger charge is 2.27. The first-order valence-corrected chi connectivity index (χ1v) is 7.99. The first kappa shape index (κ1) is 14.4. The molecule has 2 rings (SSSR count). The molecule has 0 amide bonds. The van der Waals surface area contributed by atoms with Gasteiger partial charge in [-0.05, 0) is 43.4 Å². The van der Waals surface area contributed by atoms with Crippen LogP contribution in [0.2, 0.25) is 0 Å². The molecular weight excluding hydrogens is 272 g/mol. The van der Waals surface area contributed by atoms with E-state index < -0.39 is 26.4 Å². The lowest BCUT2D eigenvalue weighted by Gasteiger charge is -2.15. The molecule has 106 valence electrons. The summed E-state index contributed by atoms with van der Waals surface area (Å²) in [7, 11) is -3.79. The Morgan fingerprint density at radius 1 is 1.26 bits per heavy atom. The Balaban J connectivity index is 2.12. The molecule has 0 heterocycles. The number of benzene rings is 1. The maximum Gasteiger partial charge on any atom is 0.181 e. The molecule has 1 saturated carbocycles. The fraction of sp³-hybridized carbons (Fsp3) is 0.538. The second-order valence-corrected chi connectivity index (χ2v) is 7.11. The Morgan fingerprint density at radius 2 is 2.00 bits per heavy atom. The van der Waals surface area contributed by atoms with Gasteiger partial charge in [0.25, 0.3) is 0 Å². The van der Waals surface area contributed by atoms with E-state index >= 15 is 0 Å². The summed E-state index contributed by atoms with van der Waals surface area (Å²) in [6, 6.07) is 2.50. The zero-order valence-electron chi connectivity index (χ0n) is 10.5. The standard InChI is InChI=1S/C13H17F2NO2S/c14-10-4-5-11(15)13(8-10)19(17,18)7-6-9-2-1-3-12(9)16/h4-5,8-9,12H,1-3,6-7,16H2. The number of hydrogen-bond acceptors (Lipinski definition) is 3. The second-order valence-electron chi connectivity index (χ2n) is 5.04. The monoisotopic (exact) mass is 289 g/mol. The quantitative estimate of drug-likeness (QED) is 0.925. The van der Waals surface area contributed by atoms with Gasteiger partial charge >= 0.3 is 0 Å².